The van der Waals surface area contributed by atoms with Crippen LogP contribution in [0.4, 0.5) is 0 Å². The lowest BCUT2D eigenvalue weighted by Crippen LogP contribution is -2.46. The molecule has 1 aromatic carbocycles. The van der Waals surface area contributed by atoms with Gasteiger partial charge in [0.05, 0.1) is 12.1 Å². The average molecular weight is 326 g/mol. The standard InChI is InChI=1S/C16H24ClN3O2/c1-16(7-4-9-22-16)12-20-15(18-2)19-8-10-21-14-6-3-5-13(17)11-14/h3,5-6,11H,4,7-10,12H2,1-2H3,(H2,18,19,20). The summed E-state index contributed by atoms with van der Waals surface area (Å²) in [6, 6.07) is 7.38. The van der Waals surface area contributed by atoms with Gasteiger partial charge in [-0.15, -0.1) is 0 Å². The fourth-order valence-electron chi connectivity index (χ4n) is 2.36. The Kier molecular flexibility index (Phi) is 6.34. The van der Waals surface area contributed by atoms with Crippen LogP contribution >= 0.6 is 11.6 Å². The van der Waals surface area contributed by atoms with Crippen molar-refractivity contribution in [2.24, 2.45) is 4.99 Å². The van der Waals surface area contributed by atoms with Crippen LogP contribution in [0.3, 0.4) is 0 Å². The maximum atomic E-state index is 5.91. The van der Waals surface area contributed by atoms with Gasteiger partial charge in [0, 0.05) is 25.2 Å². The Bertz CT molecular complexity index is 502. The quantitative estimate of drug-likeness (QED) is 0.479. The predicted octanol–water partition coefficient (Wildman–Crippen LogP) is 2.45. The molecule has 0 aromatic heterocycles. The summed E-state index contributed by atoms with van der Waals surface area (Å²) in [5.41, 5.74) is -0.0884. The normalized spacial score (nSPS) is 21.7. The van der Waals surface area contributed by atoms with E-state index in [4.69, 9.17) is 21.1 Å². The first-order valence-corrected chi connectivity index (χ1v) is 7.96. The molecule has 2 rings (SSSR count). The number of nitrogens with one attached hydrogen (secondary N) is 2. The molecule has 0 bridgehead atoms. The Balaban J connectivity index is 1.66. The predicted molar refractivity (Wildman–Crippen MR) is 89.9 cm³/mol. The molecule has 0 saturated carbocycles. The van der Waals surface area contributed by atoms with Gasteiger partial charge in [0.15, 0.2) is 5.96 Å². The van der Waals surface area contributed by atoms with E-state index in [0.717, 1.165) is 37.7 Å². The van der Waals surface area contributed by atoms with Gasteiger partial charge >= 0.3 is 0 Å². The summed E-state index contributed by atoms with van der Waals surface area (Å²) >= 11 is 5.91. The molecule has 122 valence electrons. The second-order valence-corrected chi connectivity index (χ2v) is 6.00. The number of benzene rings is 1. The van der Waals surface area contributed by atoms with Crippen LogP contribution in [0.2, 0.25) is 5.02 Å². The first-order chi connectivity index (χ1) is 10.6. The van der Waals surface area contributed by atoms with Crippen LogP contribution in [0.1, 0.15) is 19.8 Å². The minimum Gasteiger partial charge on any atom is -0.492 e. The second kappa shape index (κ2) is 8.25. The lowest BCUT2D eigenvalue weighted by atomic mass is 10.0. The highest BCUT2D eigenvalue weighted by atomic mass is 35.5. The average Bonchev–Trinajstić information content (AvgIpc) is 2.94. The van der Waals surface area contributed by atoms with Crippen molar-refractivity contribution < 1.29 is 9.47 Å². The Morgan fingerprint density at radius 1 is 1.45 bits per heavy atom. The van der Waals surface area contributed by atoms with E-state index in [9.17, 15) is 0 Å². The summed E-state index contributed by atoms with van der Waals surface area (Å²) in [4.78, 5) is 4.20. The number of nitrogens with zero attached hydrogens (tertiary/aromatic N) is 1. The van der Waals surface area contributed by atoms with Gasteiger partial charge < -0.3 is 20.1 Å². The lowest BCUT2D eigenvalue weighted by Gasteiger charge is -2.24. The molecule has 1 fully saturated rings. The Hall–Kier alpha value is -1.46. The molecule has 1 unspecified atom stereocenters. The van der Waals surface area contributed by atoms with Crippen molar-refractivity contribution in [1.29, 1.82) is 0 Å². The van der Waals surface area contributed by atoms with Gasteiger partial charge in [-0.2, -0.15) is 0 Å². The van der Waals surface area contributed by atoms with Gasteiger partial charge in [-0.1, -0.05) is 17.7 Å². The van der Waals surface area contributed by atoms with Gasteiger partial charge in [-0.05, 0) is 38.0 Å². The van der Waals surface area contributed by atoms with Gasteiger partial charge in [0.1, 0.15) is 12.4 Å². The lowest BCUT2D eigenvalue weighted by molar-refractivity contribution is 0.0243. The molecule has 0 spiro atoms. The van der Waals surface area contributed by atoms with E-state index in [-0.39, 0.29) is 5.60 Å². The third-order valence-corrected chi connectivity index (χ3v) is 3.85. The summed E-state index contributed by atoms with van der Waals surface area (Å²) < 4.78 is 11.4. The molecular weight excluding hydrogens is 302 g/mol. The Labute approximate surface area is 137 Å². The van der Waals surface area contributed by atoms with Crippen LogP contribution in [0.25, 0.3) is 0 Å². The van der Waals surface area contributed by atoms with E-state index < -0.39 is 0 Å². The molecule has 22 heavy (non-hydrogen) atoms. The second-order valence-electron chi connectivity index (χ2n) is 5.56. The summed E-state index contributed by atoms with van der Waals surface area (Å²) in [7, 11) is 1.75. The third-order valence-electron chi connectivity index (χ3n) is 3.61. The molecule has 5 nitrogen and oxygen atoms in total. The highest BCUT2D eigenvalue weighted by Gasteiger charge is 2.29. The van der Waals surface area contributed by atoms with Crippen molar-refractivity contribution in [3.8, 4) is 5.75 Å². The summed E-state index contributed by atoms with van der Waals surface area (Å²) in [5.74, 6) is 1.52. The zero-order chi connectivity index (χ0) is 15.8. The number of hydrogen-bond donors (Lipinski definition) is 2. The van der Waals surface area contributed by atoms with Crippen LogP contribution in [-0.4, -0.2) is 44.9 Å². The highest BCUT2D eigenvalue weighted by molar-refractivity contribution is 6.30. The molecule has 1 aliphatic rings. The van der Waals surface area contributed by atoms with E-state index in [1.54, 1.807) is 13.1 Å². The third kappa shape index (κ3) is 5.39. The fraction of sp³-hybridized carbons (Fsp3) is 0.562. The summed E-state index contributed by atoms with van der Waals surface area (Å²) in [6.45, 7) is 4.92. The van der Waals surface area contributed by atoms with Crippen molar-refractivity contribution in [2.75, 3.05) is 33.4 Å². The molecule has 2 N–H and O–H groups in total. The van der Waals surface area contributed by atoms with Crippen molar-refractivity contribution in [2.45, 2.75) is 25.4 Å². The first kappa shape index (κ1) is 16.9. The Morgan fingerprint density at radius 3 is 3.00 bits per heavy atom. The number of hydrogen-bond acceptors (Lipinski definition) is 3. The monoisotopic (exact) mass is 325 g/mol. The van der Waals surface area contributed by atoms with E-state index in [2.05, 4.69) is 22.5 Å². The van der Waals surface area contributed by atoms with Crippen LogP contribution in [0.15, 0.2) is 29.3 Å². The van der Waals surface area contributed by atoms with Crippen LogP contribution in [0, 0.1) is 0 Å². The summed E-state index contributed by atoms with van der Waals surface area (Å²) in [6.07, 6.45) is 2.20. The molecular formula is C16H24ClN3O2. The van der Waals surface area contributed by atoms with Crippen LogP contribution < -0.4 is 15.4 Å². The van der Waals surface area contributed by atoms with Crippen molar-refractivity contribution in [3.05, 3.63) is 29.3 Å². The molecule has 1 saturated heterocycles. The van der Waals surface area contributed by atoms with Gasteiger partial charge in [0.25, 0.3) is 0 Å². The van der Waals surface area contributed by atoms with Crippen LogP contribution in [-0.2, 0) is 4.74 Å². The minimum atomic E-state index is -0.0884. The molecule has 1 aliphatic heterocycles. The van der Waals surface area contributed by atoms with Gasteiger partial charge in [-0.3, -0.25) is 4.99 Å². The van der Waals surface area contributed by atoms with E-state index in [1.165, 1.54) is 0 Å². The maximum Gasteiger partial charge on any atom is 0.191 e. The molecule has 1 heterocycles. The van der Waals surface area contributed by atoms with Crippen molar-refractivity contribution in [3.63, 3.8) is 0 Å². The van der Waals surface area contributed by atoms with Gasteiger partial charge in [-0.25, -0.2) is 0 Å². The molecule has 0 radical (unpaired) electrons. The first-order valence-electron chi connectivity index (χ1n) is 7.58. The number of halogens is 1. The molecule has 6 heteroatoms. The zero-order valence-corrected chi connectivity index (χ0v) is 13.9. The maximum absolute atomic E-state index is 5.91. The Morgan fingerprint density at radius 2 is 2.32 bits per heavy atom. The minimum absolute atomic E-state index is 0.0884. The number of guanidine groups is 1. The highest BCUT2D eigenvalue weighted by Crippen LogP contribution is 2.23. The van der Waals surface area contributed by atoms with Gasteiger partial charge in [0.2, 0.25) is 0 Å². The SMILES string of the molecule is CN=C(NCCOc1cccc(Cl)c1)NCC1(C)CCCO1. The van der Waals surface area contributed by atoms with E-state index in [1.807, 2.05) is 18.2 Å². The molecule has 1 atom stereocenters. The van der Waals surface area contributed by atoms with Crippen molar-refractivity contribution in [1.82, 2.24) is 10.6 Å². The zero-order valence-electron chi connectivity index (χ0n) is 13.2. The van der Waals surface area contributed by atoms with Crippen molar-refractivity contribution >= 4 is 17.6 Å². The topological polar surface area (TPSA) is 54.9 Å². The number of ether oxygens (including phenoxy) is 2. The number of aliphatic imine (C=N–C) groups is 1. The van der Waals surface area contributed by atoms with E-state index >= 15 is 0 Å². The largest absolute Gasteiger partial charge is 0.492 e. The fourth-order valence-corrected chi connectivity index (χ4v) is 2.54. The molecule has 0 aliphatic carbocycles. The summed E-state index contributed by atoms with van der Waals surface area (Å²) in [5, 5.41) is 7.19. The smallest absolute Gasteiger partial charge is 0.191 e. The molecule has 1 aromatic rings. The molecule has 0 amide bonds. The van der Waals surface area contributed by atoms with E-state index in [0.29, 0.717) is 18.2 Å². The number of rotatable bonds is 6. The van der Waals surface area contributed by atoms with Crippen LogP contribution in [0.5, 0.6) is 5.75 Å².